The van der Waals surface area contributed by atoms with Crippen LogP contribution < -0.4 is 15.2 Å². The zero-order chi connectivity index (χ0) is 18.4. The zero-order valence-electron chi connectivity index (χ0n) is 16.5. The summed E-state index contributed by atoms with van der Waals surface area (Å²) in [6, 6.07) is 4.10. The summed E-state index contributed by atoms with van der Waals surface area (Å²) in [7, 11) is 0. The predicted molar refractivity (Wildman–Crippen MR) is 107 cm³/mol. The van der Waals surface area contributed by atoms with Crippen LogP contribution in [0.25, 0.3) is 0 Å². The molecule has 1 aromatic rings. The molecule has 2 rings (SSSR count). The number of amides is 1. The molecule has 1 heterocycles. The van der Waals surface area contributed by atoms with E-state index >= 15 is 0 Å². The molecule has 0 aromatic heterocycles. The van der Waals surface area contributed by atoms with E-state index in [0.29, 0.717) is 26.3 Å². The molecule has 0 saturated carbocycles. The molecule has 2 N–H and O–H groups in total. The van der Waals surface area contributed by atoms with Gasteiger partial charge in [-0.05, 0) is 56.4 Å². The first kappa shape index (κ1) is 22.6. The molecule has 0 bridgehead atoms. The molecule has 1 aliphatic rings. The quantitative estimate of drug-likeness (QED) is 0.744. The number of hydrogen-bond acceptors (Lipinski definition) is 4. The van der Waals surface area contributed by atoms with Gasteiger partial charge in [-0.25, -0.2) is 0 Å². The number of fused-ring (bicyclic) bond motifs is 1. The third-order valence-electron chi connectivity index (χ3n) is 5.36. The highest BCUT2D eigenvalue weighted by molar-refractivity contribution is 5.85. The van der Waals surface area contributed by atoms with Crippen molar-refractivity contribution in [3.05, 3.63) is 23.3 Å². The van der Waals surface area contributed by atoms with Crippen molar-refractivity contribution in [2.45, 2.75) is 53.5 Å². The molecule has 26 heavy (non-hydrogen) atoms. The van der Waals surface area contributed by atoms with Crippen LogP contribution >= 0.6 is 12.4 Å². The molecule has 0 unspecified atom stereocenters. The summed E-state index contributed by atoms with van der Waals surface area (Å²) in [4.78, 5) is 15.0. The first-order valence-corrected chi connectivity index (χ1v) is 9.45. The number of ether oxygens (including phenoxy) is 2. The highest BCUT2D eigenvalue weighted by Gasteiger charge is 2.38. The molecule has 0 saturated heterocycles. The van der Waals surface area contributed by atoms with Crippen molar-refractivity contribution in [2.24, 2.45) is 11.1 Å². The standard InChI is InChI=1S/C20H32N2O3.ClH/c1-5-20(6-2,14-21)19(23)22-10-9-15-11-17(24-7-3)18(25-8-4)12-16(15)13-22;/h11-12H,5-10,13-14,21H2,1-4H3;1H. The fourth-order valence-electron chi connectivity index (χ4n) is 3.54. The molecular weight excluding hydrogens is 352 g/mol. The Kier molecular flexibility index (Phi) is 8.71. The average molecular weight is 385 g/mol. The van der Waals surface area contributed by atoms with E-state index in [0.717, 1.165) is 42.9 Å². The lowest BCUT2D eigenvalue weighted by atomic mass is 9.80. The summed E-state index contributed by atoms with van der Waals surface area (Å²) in [5.74, 6) is 1.73. The van der Waals surface area contributed by atoms with Crippen LogP contribution in [0, 0.1) is 5.41 Å². The van der Waals surface area contributed by atoms with Crippen molar-refractivity contribution in [1.29, 1.82) is 0 Å². The molecule has 0 fully saturated rings. The number of nitrogens with two attached hydrogens (primary N) is 1. The summed E-state index contributed by atoms with van der Waals surface area (Å²) >= 11 is 0. The van der Waals surface area contributed by atoms with Crippen molar-refractivity contribution in [2.75, 3.05) is 26.3 Å². The summed E-state index contributed by atoms with van der Waals surface area (Å²) in [5, 5.41) is 0. The van der Waals surface area contributed by atoms with Crippen LogP contribution in [0.5, 0.6) is 11.5 Å². The van der Waals surface area contributed by atoms with Crippen molar-refractivity contribution in [3.63, 3.8) is 0 Å². The second-order valence-corrected chi connectivity index (χ2v) is 6.60. The second kappa shape index (κ2) is 10.0. The molecule has 1 aliphatic heterocycles. The Morgan fingerprint density at radius 2 is 1.62 bits per heavy atom. The monoisotopic (exact) mass is 384 g/mol. The number of carbonyl (C=O) groups excluding carboxylic acids is 1. The largest absolute Gasteiger partial charge is 0.490 e. The maximum Gasteiger partial charge on any atom is 0.230 e. The Bertz CT molecular complexity index is 595. The van der Waals surface area contributed by atoms with Crippen LogP contribution in [-0.4, -0.2) is 37.1 Å². The average Bonchev–Trinajstić information content (AvgIpc) is 2.64. The van der Waals surface area contributed by atoms with E-state index in [-0.39, 0.29) is 18.3 Å². The minimum atomic E-state index is -0.439. The van der Waals surface area contributed by atoms with Gasteiger partial charge in [-0.2, -0.15) is 0 Å². The maximum atomic E-state index is 13.1. The van der Waals surface area contributed by atoms with E-state index in [9.17, 15) is 4.79 Å². The third-order valence-corrected chi connectivity index (χ3v) is 5.36. The Labute approximate surface area is 163 Å². The van der Waals surface area contributed by atoms with E-state index in [1.54, 1.807) is 0 Å². The number of halogens is 1. The van der Waals surface area contributed by atoms with Crippen LogP contribution in [0.3, 0.4) is 0 Å². The Hall–Kier alpha value is -1.46. The van der Waals surface area contributed by atoms with Crippen molar-refractivity contribution >= 4 is 18.3 Å². The molecule has 5 nitrogen and oxygen atoms in total. The van der Waals surface area contributed by atoms with Gasteiger partial charge in [-0.3, -0.25) is 4.79 Å². The van der Waals surface area contributed by atoms with Crippen molar-refractivity contribution < 1.29 is 14.3 Å². The van der Waals surface area contributed by atoms with Gasteiger partial charge in [0.05, 0.1) is 18.6 Å². The van der Waals surface area contributed by atoms with Gasteiger partial charge in [-0.1, -0.05) is 13.8 Å². The van der Waals surface area contributed by atoms with Crippen LogP contribution in [0.1, 0.15) is 51.7 Å². The van der Waals surface area contributed by atoms with Crippen LogP contribution in [-0.2, 0) is 17.8 Å². The first-order chi connectivity index (χ1) is 12.0. The zero-order valence-corrected chi connectivity index (χ0v) is 17.3. The van der Waals surface area contributed by atoms with E-state index in [1.807, 2.05) is 38.7 Å². The SMILES string of the molecule is CCOc1cc2c(cc1OCC)CN(C(=O)C(CC)(CC)CN)CC2.Cl. The molecule has 148 valence electrons. The third kappa shape index (κ3) is 4.44. The fourth-order valence-corrected chi connectivity index (χ4v) is 3.54. The van der Waals surface area contributed by atoms with E-state index in [4.69, 9.17) is 15.2 Å². The van der Waals surface area contributed by atoms with Gasteiger partial charge in [-0.15, -0.1) is 12.4 Å². The van der Waals surface area contributed by atoms with Crippen LogP contribution in [0.2, 0.25) is 0 Å². The molecule has 0 radical (unpaired) electrons. The highest BCUT2D eigenvalue weighted by atomic mass is 35.5. The molecule has 1 aromatic carbocycles. The van der Waals surface area contributed by atoms with E-state index in [2.05, 4.69) is 6.07 Å². The van der Waals surface area contributed by atoms with Gasteiger partial charge in [0.2, 0.25) is 5.91 Å². The number of rotatable bonds is 8. The lowest BCUT2D eigenvalue weighted by Crippen LogP contribution is -2.49. The minimum Gasteiger partial charge on any atom is -0.490 e. The number of carbonyl (C=O) groups is 1. The summed E-state index contributed by atoms with van der Waals surface area (Å²) in [5.41, 5.74) is 7.91. The van der Waals surface area contributed by atoms with Gasteiger partial charge in [0.15, 0.2) is 11.5 Å². The lowest BCUT2D eigenvalue weighted by Gasteiger charge is -2.38. The topological polar surface area (TPSA) is 64.8 Å². The normalized spacial score (nSPS) is 13.7. The van der Waals surface area contributed by atoms with E-state index < -0.39 is 5.41 Å². The van der Waals surface area contributed by atoms with Crippen LogP contribution in [0.15, 0.2) is 12.1 Å². The lowest BCUT2D eigenvalue weighted by molar-refractivity contribution is -0.143. The molecule has 0 atom stereocenters. The smallest absolute Gasteiger partial charge is 0.230 e. The van der Waals surface area contributed by atoms with E-state index in [1.165, 1.54) is 5.56 Å². The molecule has 0 spiro atoms. The molecule has 6 heteroatoms. The first-order valence-electron chi connectivity index (χ1n) is 9.45. The molecule has 0 aliphatic carbocycles. The summed E-state index contributed by atoms with van der Waals surface area (Å²) < 4.78 is 11.4. The number of hydrogen-bond donors (Lipinski definition) is 1. The highest BCUT2D eigenvalue weighted by Crippen LogP contribution is 2.36. The minimum absolute atomic E-state index is 0. The Morgan fingerprint density at radius 1 is 1.08 bits per heavy atom. The van der Waals surface area contributed by atoms with Gasteiger partial charge in [0.1, 0.15) is 0 Å². The van der Waals surface area contributed by atoms with Crippen LogP contribution in [0.4, 0.5) is 0 Å². The molecular formula is C20H33ClN2O3. The number of benzene rings is 1. The Morgan fingerprint density at radius 3 is 2.08 bits per heavy atom. The van der Waals surface area contributed by atoms with Gasteiger partial charge < -0.3 is 20.1 Å². The van der Waals surface area contributed by atoms with Crippen molar-refractivity contribution in [1.82, 2.24) is 4.90 Å². The second-order valence-electron chi connectivity index (χ2n) is 6.60. The fraction of sp³-hybridized carbons (Fsp3) is 0.650. The summed E-state index contributed by atoms with van der Waals surface area (Å²) in [6.07, 6.45) is 2.38. The maximum absolute atomic E-state index is 13.1. The van der Waals surface area contributed by atoms with Crippen molar-refractivity contribution in [3.8, 4) is 11.5 Å². The molecule has 1 amide bonds. The Balaban J connectivity index is 0.00000338. The van der Waals surface area contributed by atoms with Gasteiger partial charge >= 0.3 is 0 Å². The van der Waals surface area contributed by atoms with Gasteiger partial charge in [0.25, 0.3) is 0 Å². The summed E-state index contributed by atoms with van der Waals surface area (Å²) in [6.45, 7) is 11.0. The number of nitrogens with zero attached hydrogens (tertiary/aromatic N) is 1. The van der Waals surface area contributed by atoms with Gasteiger partial charge in [0, 0.05) is 19.6 Å². The predicted octanol–water partition coefficient (Wildman–Crippen LogP) is 3.56.